The lowest BCUT2D eigenvalue weighted by Crippen LogP contribution is -2.49. The number of guanidine groups is 1. The van der Waals surface area contributed by atoms with E-state index < -0.39 is 14.6 Å². The first kappa shape index (κ1) is 21.7. The van der Waals surface area contributed by atoms with Gasteiger partial charge in [0.15, 0.2) is 15.8 Å². The summed E-state index contributed by atoms with van der Waals surface area (Å²) in [6, 6.07) is 8.51. The van der Waals surface area contributed by atoms with Gasteiger partial charge in [0.05, 0.1) is 10.9 Å². The van der Waals surface area contributed by atoms with E-state index in [2.05, 4.69) is 46.8 Å². The number of nitrogens with one attached hydrogen (secondary N) is 2. The molecule has 2 atom stereocenters. The van der Waals surface area contributed by atoms with Gasteiger partial charge >= 0.3 is 0 Å². The van der Waals surface area contributed by atoms with Crippen LogP contribution in [0.2, 0.25) is 0 Å². The molecule has 7 heteroatoms. The average molecular weight is 396 g/mol. The molecule has 0 saturated carbocycles. The molecular formula is C20H33N3O3S. The molecule has 0 aromatic heterocycles. The fourth-order valence-electron chi connectivity index (χ4n) is 3.05. The lowest BCUT2D eigenvalue weighted by molar-refractivity contribution is -0.0265. The molecule has 2 rings (SSSR count). The van der Waals surface area contributed by atoms with Crippen LogP contribution in [-0.4, -0.2) is 52.1 Å². The van der Waals surface area contributed by atoms with E-state index in [-0.39, 0.29) is 6.10 Å². The van der Waals surface area contributed by atoms with E-state index in [0.717, 1.165) is 26.0 Å². The second-order valence-electron chi connectivity index (χ2n) is 7.94. The Morgan fingerprint density at radius 2 is 1.93 bits per heavy atom. The first-order valence-electron chi connectivity index (χ1n) is 9.46. The van der Waals surface area contributed by atoms with Crippen molar-refractivity contribution in [3.63, 3.8) is 0 Å². The smallest absolute Gasteiger partial charge is 0.191 e. The number of aliphatic imine (C=N–C) groups is 1. The summed E-state index contributed by atoms with van der Waals surface area (Å²) in [5, 5.41) is 6.48. The van der Waals surface area contributed by atoms with Crippen LogP contribution in [0.15, 0.2) is 29.3 Å². The summed E-state index contributed by atoms with van der Waals surface area (Å²) in [7, 11) is -1.46. The number of hydrogen-bond acceptors (Lipinski definition) is 4. The zero-order valence-corrected chi connectivity index (χ0v) is 17.9. The van der Waals surface area contributed by atoms with E-state index in [1.54, 1.807) is 20.9 Å². The maximum atomic E-state index is 11.9. The van der Waals surface area contributed by atoms with E-state index in [1.807, 2.05) is 0 Å². The van der Waals surface area contributed by atoms with Crippen LogP contribution in [0.5, 0.6) is 0 Å². The third kappa shape index (κ3) is 5.94. The Kier molecular flexibility index (Phi) is 7.28. The van der Waals surface area contributed by atoms with Crippen LogP contribution in [0.25, 0.3) is 0 Å². The Morgan fingerprint density at radius 3 is 2.52 bits per heavy atom. The summed E-state index contributed by atoms with van der Waals surface area (Å²) in [5.41, 5.74) is 2.44. The van der Waals surface area contributed by atoms with Gasteiger partial charge in [0.1, 0.15) is 0 Å². The van der Waals surface area contributed by atoms with Gasteiger partial charge in [-0.05, 0) is 39.2 Å². The van der Waals surface area contributed by atoms with Crippen molar-refractivity contribution in [3.05, 3.63) is 35.4 Å². The van der Waals surface area contributed by atoms with Gasteiger partial charge in [-0.15, -0.1) is 0 Å². The highest BCUT2D eigenvalue weighted by molar-refractivity contribution is 7.92. The van der Waals surface area contributed by atoms with Gasteiger partial charge in [-0.2, -0.15) is 0 Å². The summed E-state index contributed by atoms with van der Waals surface area (Å²) in [6.07, 6.45) is 3.45. The Labute approximate surface area is 163 Å². The average Bonchev–Trinajstić information content (AvgIpc) is 2.62. The van der Waals surface area contributed by atoms with Gasteiger partial charge in [0, 0.05) is 38.9 Å². The molecule has 1 heterocycles. The number of nitrogens with zero attached hydrogens (tertiary/aromatic N) is 1. The highest BCUT2D eigenvalue weighted by Gasteiger charge is 2.31. The number of rotatable bonds is 6. The van der Waals surface area contributed by atoms with Crippen molar-refractivity contribution in [2.45, 2.75) is 44.5 Å². The van der Waals surface area contributed by atoms with Crippen molar-refractivity contribution < 1.29 is 13.2 Å². The predicted octanol–water partition coefficient (Wildman–Crippen LogP) is 2.45. The third-order valence-corrected chi connectivity index (χ3v) is 7.44. The zero-order chi connectivity index (χ0) is 20.1. The van der Waals surface area contributed by atoms with Crippen molar-refractivity contribution in [2.24, 2.45) is 10.9 Å². The number of aryl methyl sites for hydroxylation is 1. The summed E-state index contributed by atoms with van der Waals surface area (Å²) in [4.78, 5) is 4.23. The first-order chi connectivity index (χ1) is 12.6. The molecule has 1 aromatic carbocycles. The Hall–Kier alpha value is -1.60. The molecule has 6 nitrogen and oxygen atoms in total. The largest absolute Gasteiger partial charge is 0.373 e. The van der Waals surface area contributed by atoms with Crippen LogP contribution in [0.3, 0.4) is 0 Å². The highest BCUT2D eigenvalue weighted by Crippen LogP contribution is 2.33. The second-order valence-corrected chi connectivity index (χ2v) is 10.6. The van der Waals surface area contributed by atoms with Gasteiger partial charge in [-0.1, -0.05) is 29.8 Å². The molecule has 2 unspecified atom stereocenters. The first-order valence-corrected chi connectivity index (χ1v) is 11.4. The topological polar surface area (TPSA) is 79.8 Å². The van der Waals surface area contributed by atoms with Crippen LogP contribution < -0.4 is 10.6 Å². The number of sulfone groups is 1. The maximum absolute atomic E-state index is 11.9. The van der Waals surface area contributed by atoms with E-state index in [1.165, 1.54) is 17.4 Å². The van der Waals surface area contributed by atoms with Gasteiger partial charge < -0.3 is 15.4 Å². The SMILES string of the molecule is CN=C(NCC1CCCOC1c1ccc(C)cc1)NCC(C)(C)S(C)(=O)=O. The van der Waals surface area contributed by atoms with E-state index in [4.69, 9.17) is 4.74 Å². The maximum Gasteiger partial charge on any atom is 0.191 e. The lowest BCUT2D eigenvalue weighted by atomic mass is 9.89. The Morgan fingerprint density at radius 1 is 1.26 bits per heavy atom. The van der Waals surface area contributed by atoms with E-state index >= 15 is 0 Å². The van der Waals surface area contributed by atoms with Gasteiger partial charge in [0.2, 0.25) is 0 Å². The number of ether oxygens (including phenoxy) is 1. The minimum atomic E-state index is -3.16. The van der Waals surface area contributed by atoms with Gasteiger partial charge in [0.25, 0.3) is 0 Å². The molecule has 0 bridgehead atoms. The molecule has 1 aliphatic heterocycles. The molecule has 1 fully saturated rings. The molecule has 1 aromatic rings. The van der Waals surface area contributed by atoms with Crippen LogP contribution in [0.1, 0.15) is 43.9 Å². The third-order valence-electron chi connectivity index (χ3n) is 5.29. The lowest BCUT2D eigenvalue weighted by Gasteiger charge is -2.33. The summed E-state index contributed by atoms with van der Waals surface area (Å²) < 4.78 is 28.9. The quantitative estimate of drug-likeness (QED) is 0.571. The molecule has 152 valence electrons. The van der Waals surface area contributed by atoms with Crippen molar-refractivity contribution in [3.8, 4) is 0 Å². The number of benzene rings is 1. The summed E-state index contributed by atoms with van der Waals surface area (Å²) >= 11 is 0. The van der Waals surface area contributed by atoms with Crippen molar-refractivity contribution in [2.75, 3.05) is 33.0 Å². The Balaban J connectivity index is 1.96. The standard InChI is InChI=1S/C20H33N3O3S/c1-15-8-10-16(11-9-15)18-17(7-6-12-26-18)13-22-19(21-4)23-14-20(2,3)27(5,24)25/h8-11,17-18H,6-7,12-14H2,1-5H3,(H2,21,22,23). The van der Waals surface area contributed by atoms with E-state index in [0.29, 0.717) is 18.4 Å². The molecule has 1 saturated heterocycles. The molecule has 2 N–H and O–H groups in total. The fourth-order valence-corrected chi connectivity index (χ4v) is 3.39. The molecule has 1 aliphatic rings. The van der Waals surface area contributed by atoms with Crippen molar-refractivity contribution >= 4 is 15.8 Å². The minimum Gasteiger partial charge on any atom is -0.373 e. The molecule has 0 aliphatic carbocycles. The van der Waals surface area contributed by atoms with Crippen molar-refractivity contribution in [1.29, 1.82) is 0 Å². The van der Waals surface area contributed by atoms with Crippen LogP contribution in [0, 0.1) is 12.8 Å². The van der Waals surface area contributed by atoms with Crippen LogP contribution in [0.4, 0.5) is 0 Å². The molecule has 0 radical (unpaired) electrons. The number of hydrogen-bond donors (Lipinski definition) is 2. The molecule has 27 heavy (non-hydrogen) atoms. The Bertz CT molecular complexity index is 742. The minimum absolute atomic E-state index is 0.0671. The highest BCUT2D eigenvalue weighted by atomic mass is 32.2. The zero-order valence-electron chi connectivity index (χ0n) is 17.1. The normalized spacial score (nSPS) is 21.7. The monoisotopic (exact) mass is 395 g/mol. The van der Waals surface area contributed by atoms with Crippen LogP contribution in [-0.2, 0) is 14.6 Å². The van der Waals surface area contributed by atoms with Crippen LogP contribution >= 0.6 is 0 Å². The second kappa shape index (κ2) is 9.06. The van der Waals surface area contributed by atoms with Gasteiger partial charge in [-0.25, -0.2) is 8.42 Å². The van der Waals surface area contributed by atoms with Gasteiger partial charge in [-0.3, -0.25) is 4.99 Å². The van der Waals surface area contributed by atoms with Crippen molar-refractivity contribution in [1.82, 2.24) is 10.6 Å². The molecular weight excluding hydrogens is 362 g/mol. The molecule has 0 spiro atoms. The van der Waals surface area contributed by atoms with E-state index in [9.17, 15) is 8.42 Å². The predicted molar refractivity (Wildman–Crippen MR) is 111 cm³/mol. The summed E-state index contributed by atoms with van der Waals surface area (Å²) in [5.74, 6) is 0.947. The molecule has 0 amide bonds. The summed E-state index contributed by atoms with van der Waals surface area (Å²) in [6.45, 7) is 7.31. The fraction of sp³-hybridized carbons (Fsp3) is 0.650.